The van der Waals surface area contributed by atoms with Crippen molar-refractivity contribution in [1.29, 1.82) is 0 Å². The van der Waals surface area contributed by atoms with Crippen LogP contribution in [0.5, 0.6) is 0 Å². The van der Waals surface area contributed by atoms with Crippen molar-refractivity contribution in [2.45, 2.75) is 90.6 Å². The van der Waals surface area contributed by atoms with E-state index in [1.807, 2.05) is 41.5 Å². The molecule has 3 fully saturated rings. The van der Waals surface area contributed by atoms with Crippen molar-refractivity contribution in [2.75, 3.05) is 13.2 Å². The molecule has 3 unspecified atom stereocenters. The Morgan fingerprint density at radius 2 is 1.97 bits per heavy atom. The van der Waals surface area contributed by atoms with E-state index in [0.29, 0.717) is 12.8 Å². The number of esters is 1. The Labute approximate surface area is 185 Å². The van der Waals surface area contributed by atoms with Gasteiger partial charge in [0.1, 0.15) is 17.6 Å². The molecule has 0 radical (unpaired) electrons. The minimum absolute atomic E-state index is 0.0297. The molecule has 3 saturated heterocycles. The standard InChI is InChI=1S/C23H38N2O6/c1-8-30-21(29)17-16-20(28)25(15(11-26)9-12(2)3)18(19(27)24-13(4)5)23(16)10-14(6)22(17,7)31-23/h12-18,26H,8-11H2,1-7H3,(H,24,27)/t14?,15-,16+,17+,18?,22-,23?/m1/s1. The molecule has 2 bridgehead atoms. The van der Waals surface area contributed by atoms with E-state index in [9.17, 15) is 19.5 Å². The first-order chi connectivity index (χ1) is 14.4. The molecule has 2 N–H and O–H groups in total. The molecular weight excluding hydrogens is 400 g/mol. The lowest BCUT2D eigenvalue weighted by Crippen LogP contribution is -2.59. The molecule has 1 spiro atoms. The highest BCUT2D eigenvalue weighted by Crippen LogP contribution is 2.65. The zero-order valence-corrected chi connectivity index (χ0v) is 19.8. The zero-order chi connectivity index (χ0) is 23.3. The van der Waals surface area contributed by atoms with E-state index in [1.54, 1.807) is 6.92 Å². The van der Waals surface area contributed by atoms with E-state index >= 15 is 0 Å². The fourth-order valence-electron chi connectivity index (χ4n) is 6.14. The fourth-order valence-corrected chi connectivity index (χ4v) is 6.14. The maximum atomic E-state index is 13.9. The summed E-state index contributed by atoms with van der Waals surface area (Å²) in [7, 11) is 0. The van der Waals surface area contributed by atoms with Gasteiger partial charge in [0, 0.05) is 6.04 Å². The molecule has 31 heavy (non-hydrogen) atoms. The first kappa shape index (κ1) is 24.0. The average molecular weight is 439 g/mol. The van der Waals surface area contributed by atoms with Crippen LogP contribution < -0.4 is 5.32 Å². The Kier molecular flexibility index (Phi) is 6.46. The number of aliphatic hydroxyl groups is 1. The smallest absolute Gasteiger partial charge is 0.312 e. The van der Waals surface area contributed by atoms with E-state index < -0.39 is 41.1 Å². The molecule has 8 nitrogen and oxygen atoms in total. The first-order valence-corrected chi connectivity index (χ1v) is 11.5. The highest BCUT2D eigenvalue weighted by molar-refractivity contribution is 5.98. The molecule has 3 aliphatic rings. The predicted molar refractivity (Wildman–Crippen MR) is 114 cm³/mol. The maximum absolute atomic E-state index is 13.9. The fraction of sp³-hybridized carbons (Fsp3) is 0.870. The van der Waals surface area contributed by atoms with Gasteiger partial charge in [0.05, 0.1) is 30.8 Å². The Morgan fingerprint density at radius 1 is 1.32 bits per heavy atom. The Balaban J connectivity index is 2.13. The number of carbonyl (C=O) groups is 3. The van der Waals surface area contributed by atoms with Crippen molar-refractivity contribution in [1.82, 2.24) is 10.2 Å². The number of carbonyl (C=O) groups excluding carboxylic acids is 3. The molecule has 3 aliphatic heterocycles. The SMILES string of the molecule is CCOC(=O)[C@@H]1[C@H]2C(=O)N([C@@H](CO)CC(C)C)C(C(=O)NC(C)C)C23CC(C)[C@@]1(C)O3. The number of hydrogen-bond acceptors (Lipinski definition) is 6. The van der Waals surface area contributed by atoms with Gasteiger partial charge < -0.3 is 24.8 Å². The summed E-state index contributed by atoms with van der Waals surface area (Å²) in [4.78, 5) is 41.9. The number of nitrogens with zero attached hydrogens (tertiary/aromatic N) is 1. The number of nitrogens with one attached hydrogen (secondary N) is 1. The number of aliphatic hydroxyl groups excluding tert-OH is 1. The van der Waals surface area contributed by atoms with Gasteiger partial charge in [-0.05, 0) is 52.4 Å². The maximum Gasteiger partial charge on any atom is 0.312 e. The lowest BCUT2D eigenvalue weighted by Gasteiger charge is -2.37. The zero-order valence-electron chi connectivity index (χ0n) is 19.8. The normalized spacial score (nSPS) is 37.5. The van der Waals surface area contributed by atoms with E-state index in [-0.39, 0.29) is 42.9 Å². The summed E-state index contributed by atoms with van der Waals surface area (Å²) < 4.78 is 11.9. The van der Waals surface area contributed by atoms with E-state index in [2.05, 4.69) is 5.32 Å². The molecule has 3 heterocycles. The van der Waals surface area contributed by atoms with Crippen LogP contribution in [0, 0.1) is 23.7 Å². The van der Waals surface area contributed by atoms with Gasteiger partial charge in [-0.15, -0.1) is 0 Å². The number of ether oxygens (including phenoxy) is 2. The predicted octanol–water partition coefficient (Wildman–Crippen LogP) is 1.49. The lowest BCUT2D eigenvalue weighted by molar-refractivity contribution is -0.162. The second kappa shape index (κ2) is 8.35. The average Bonchev–Trinajstić information content (AvgIpc) is 3.16. The van der Waals surface area contributed by atoms with Gasteiger partial charge in [-0.25, -0.2) is 0 Å². The summed E-state index contributed by atoms with van der Waals surface area (Å²) in [5.41, 5.74) is -1.98. The monoisotopic (exact) mass is 438 g/mol. The van der Waals surface area contributed by atoms with Crippen molar-refractivity contribution >= 4 is 17.8 Å². The summed E-state index contributed by atoms with van der Waals surface area (Å²) >= 11 is 0. The molecule has 0 aromatic rings. The van der Waals surface area contributed by atoms with Crippen molar-refractivity contribution in [2.24, 2.45) is 23.7 Å². The summed E-state index contributed by atoms with van der Waals surface area (Å²) in [6.07, 6.45) is 1.05. The summed E-state index contributed by atoms with van der Waals surface area (Å²) in [6, 6.07) is -1.54. The van der Waals surface area contributed by atoms with Gasteiger partial charge in [0.2, 0.25) is 11.8 Å². The van der Waals surface area contributed by atoms with Crippen LogP contribution in [0.3, 0.4) is 0 Å². The van der Waals surface area contributed by atoms with Crippen LogP contribution in [0.2, 0.25) is 0 Å². The number of rotatable bonds is 8. The lowest BCUT2D eigenvalue weighted by atomic mass is 9.62. The third-order valence-electron chi connectivity index (χ3n) is 7.32. The third kappa shape index (κ3) is 3.55. The highest BCUT2D eigenvalue weighted by Gasteiger charge is 2.80. The Hall–Kier alpha value is -1.67. The largest absolute Gasteiger partial charge is 0.466 e. The van der Waals surface area contributed by atoms with E-state index in [1.165, 1.54) is 4.90 Å². The minimum atomic E-state index is -1.11. The molecule has 0 saturated carbocycles. The molecule has 176 valence electrons. The second-order valence-electron chi connectivity index (χ2n) is 10.3. The van der Waals surface area contributed by atoms with Crippen LogP contribution in [-0.2, 0) is 23.9 Å². The molecule has 3 rings (SSSR count). The molecule has 2 amide bonds. The van der Waals surface area contributed by atoms with Crippen LogP contribution >= 0.6 is 0 Å². The van der Waals surface area contributed by atoms with Gasteiger partial charge in [0.25, 0.3) is 0 Å². The van der Waals surface area contributed by atoms with Crippen molar-refractivity contribution < 1.29 is 29.0 Å². The summed E-state index contributed by atoms with van der Waals surface area (Å²) in [5.74, 6) is -2.43. The number of likely N-dealkylation sites (tertiary alicyclic amines) is 1. The van der Waals surface area contributed by atoms with Crippen LogP contribution in [0.25, 0.3) is 0 Å². The van der Waals surface area contributed by atoms with Gasteiger partial charge in [-0.1, -0.05) is 20.8 Å². The van der Waals surface area contributed by atoms with Gasteiger partial charge in [-0.3, -0.25) is 14.4 Å². The van der Waals surface area contributed by atoms with E-state index in [4.69, 9.17) is 9.47 Å². The molecular formula is C23H38N2O6. The van der Waals surface area contributed by atoms with Crippen molar-refractivity contribution in [3.63, 3.8) is 0 Å². The third-order valence-corrected chi connectivity index (χ3v) is 7.32. The van der Waals surface area contributed by atoms with Gasteiger partial charge >= 0.3 is 5.97 Å². The summed E-state index contributed by atoms with van der Waals surface area (Å²) in [5, 5.41) is 13.1. The van der Waals surface area contributed by atoms with Gasteiger partial charge in [-0.2, -0.15) is 0 Å². The Bertz CT molecular complexity index is 740. The van der Waals surface area contributed by atoms with Crippen molar-refractivity contribution in [3.8, 4) is 0 Å². The second-order valence-corrected chi connectivity index (χ2v) is 10.3. The van der Waals surface area contributed by atoms with Crippen LogP contribution in [0.1, 0.15) is 61.3 Å². The first-order valence-electron chi connectivity index (χ1n) is 11.5. The quantitative estimate of drug-likeness (QED) is 0.557. The minimum Gasteiger partial charge on any atom is -0.466 e. The van der Waals surface area contributed by atoms with Crippen molar-refractivity contribution in [3.05, 3.63) is 0 Å². The van der Waals surface area contributed by atoms with Gasteiger partial charge in [0.15, 0.2) is 0 Å². The molecule has 0 aliphatic carbocycles. The number of fused-ring (bicyclic) bond motifs is 1. The molecule has 7 atom stereocenters. The van der Waals surface area contributed by atoms with Crippen LogP contribution in [-0.4, -0.2) is 70.3 Å². The molecule has 0 aromatic heterocycles. The number of amides is 2. The summed E-state index contributed by atoms with van der Waals surface area (Å²) in [6.45, 7) is 13.3. The van der Waals surface area contributed by atoms with E-state index in [0.717, 1.165) is 0 Å². The van der Waals surface area contributed by atoms with Crippen LogP contribution in [0.15, 0.2) is 0 Å². The molecule has 8 heteroatoms. The topological polar surface area (TPSA) is 105 Å². The Morgan fingerprint density at radius 3 is 2.48 bits per heavy atom. The highest BCUT2D eigenvalue weighted by atomic mass is 16.6. The molecule has 0 aromatic carbocycles. The number of hydrogen-bond donors (Lipinski definition) is 2. The van der Waals surface area contributed by atoms with Crippen LogP contribution in [0.4, 0.5) is 0 Å².